The van der Waals surface area contributed by atoms with E-state index in [2.05, 4.69) is 18.3 Å². The van der Waals surface area contributed by atoms with Crippen molar-refractivity contribution in [3.63, 3.8) is 0 Å². The number of ether oxygens (including phenoxy) is 3. The molecule has 2 aromatic rings. The van der Waals surface area contributed by atoms with Gasteiger partial charge in [0.25, 0.3) is 0 Å². The van der Waals surface area contributed by atoms with E-state index in [9.17, 15) is 18.4 Å². The second kappa shape index (κ2) is 13.3. The molecule has 3 rings (SSSR count). The Bertz CT molecular complexity index is 1020. The fraction of sp³-hybridized carbons (Fsp3) is 0.462. The van der Waals surface area contributed by atoms with Gasteiger partial charge in [-0.05, 0) is 48.6 Å². The smallest absolute Gasteiger partial charge is 0.412 e. The second-order valence-corrected chi connectivity index (χ2v) is 8.61. The Morgan fingerprint density at radius 3 is 2.56 bits per heavy atom. The predicted octanol–water partition coefficient (Wildman–Crippen LogP) is 2.91. The molecule has 8 nitrogen and oxygen atoms in total. The average Bonchev–Trinajstić information content (AvgIpc) is 3.33. The number of rotatable bonds is 11. The molecule has 3 N–H and O–H groups in total. The highest BCUT2D eigenvalue weighted by Crippen LogP contribution is 2.17. The van der Waals surface area contributed by atoms with Crippen molar-refractivity contribution >= 4 is 12.1 Å². The summed E-state index contributed by atoms with van der Waals surface area (Å²) in [4.78, 5) is 26.3. The summed E-state index contributed by atoms with van der Waals surface area (Å²) in [6, 6.07) is 9.49. The highest BCUT2D eigenvalue weighted by Gasteiger charge is 2.39. The molecule has 36 heavy (non-hydrogen) atoms. The van der Waals surface area contributed by atoms with Crippen LogP contribution in [0.25, 0.3) is 0 Å². The molecule has 0 bridgehead atoms. The molecular formula is C26H33F2N3O5. The standard InChI is InChI=1S/C26H33F2N3O5/c1-3-17-6-5-7-18(8-17)13-30-14-24(22(29)11-19-9-20(27)12-21(28)10-19)36-25(32)23-15-34-16-31(23)26(33)35-4-2/h5-10,12,22-24,30H,3-4,11,13-16,29H2,1-2H3/t22-,23+,24+/m0/s1. The van der Waals surface area contributed by atoms with Crippen LogP contribution in [-0.2, 0) is 38.4 Å². The zero-order valence-electron chi connectivity index (χ0n) is 20.5. The van der Waals surface area contributed by atoms with Crippen LogP contribution in [-0.4, -0.2) is 61.6 Å². The first kappa shape index (κ1) is 27.5. The van der Waals surface area contributed by atoms with Crippen LogP contribution in [0.2, 0.25) is 0 Å². The number of benzene rings is 2. The van der Waals surface area contributed by atoms with Gasteiger partial charge in [-0.25, -0.2) is 18.4 Å². The number of hydrogen-bond acceptors (Lipinski definition) is 7. The van der Waals surface area contributed by atoms with Gasteiger partial charge >= 0.3 is 12.1 Å². The molecule has 1 amide bonds. The summed E-state index contributed by atoms with van der Waals surface area (Å²) in [6.45, 7) is 4.45. The number of halogens is 2. The minimum absolute atomic E-state index is 0.0358. The van der Waals surface area contributed by atoms with Gasteiger partial charge in [-0.15, -0.1) is 0 Å². The third-order valence-electron chi connectivity index (χ3n) is 5.87. The lowest BCUT2D eigenvalue weighted by Crippen LogP contribution is -2.50. The number of carbonyl (C=O) groups is 2. The number of nitrogens with zero attached hydrogens (tertiary/aromatic N) is 1. The maximum absolute atomic E-state index is 13.7. The Balaban J connectivity index is 1.70. The fourth-order valence-corrected chi connectivity index (χ4v) is 3.98. The summed E-state index contributed by atoms with van der Waals surface area (Å²) in [5, 5.41) is 3.25. The van der Waals surface area contributed by atoms with Crippen LogP contribution < -0.4 is 11.1 Å². The van der Waals surface area contributed by atoms with Gasteiger partial charge in [-0.1, -0.05) is 31.2 Å². The predicted molar refractivity (Wildman–Crippen MR) is 129 cm³/mol. The van der Waals surface area contributed by atoms with E-state index < -0.39 is 41.9 Å². The van der Waals surface area contributed by atoms with E-state index in [1.54, 1.807) is 6.92 Å². The summed E-state index contributed by atoms with van der Waals surface area (Å²) in [5.41, 5.74) is 8.96. The molecule has 1 heterocycles. The molecule has 1 fully saturated rings. The van der Waals surface area contributed by atoms with E-state index >= 15 is 0 Å². The van der Waals surface area contributed by atoms with Crippen molar-refractivity contribution in [2.45, 2.75) is 51.4 Å². The van der Waals surface area contributed by atoms with Crippen LogP contribution >= 0.6 is 0 Å². The van der Waals surface area contributed by atoms with E-state index in [0.29, 0.717) is 12.1 Å². The van der Waals surface area contributed by atoms with Crippen molar-refractivity contribution in [3.05, 3.63) is 70.8 Å². The third kappa shape index (κ3) is 7.71. The van der Waals surface area contributed by atoms with E-state index in [0.717, 1.165) is 23.0 Å². The van der Waals surface area contributed by atoms with Crippen molar-refractivity contribution < 1.29 is 32.6 Å². The number of esters is 1. The molecule has 0 saturated carbocycles. The molecular weight excluding hydrogens is 472 g/mol. The van der Waals surface area contributed by atoms with E-state index in [1.807, 2.05) is 18.2 Å². The maximum Gasteiger partial charge on any atom is 0.412 e. The molecule has 1 saturated heterocycles. The Morgan fingerprint density at radius 2 is 1.86 bits per heavy atom. The van der Waals surface area contributed by atoms with Crippen LogP contribution in [0.15, 0.2) is 42.5 Å². The largest absolute Gasteiger partial charge is 0.458 e. The highest BCUT2D eigenvalue weighted by atomic mass is 19.1. The SMILES string of the molecule is CCOC(=O)N1COC[C@@H]1C(=O)O[C@H](CNCc1cccc(CC)c1)[C@@H](N)Cc1cc(F)cc(F)c1. The number of hydrogen-bond donors (Lipinski definition) is 2. The minimum atomic E-state index is -0.980. The number of nitrogens with one attached hydrogen (secondary N) is 1. The molecule has 196 valence electrons. The quantitative estimate of drug-likeness (QED) is 0.453. The lowest BCUT2D eigenvalue weighted by atomic mass is 10.0. The summed E-state index contributed by atoms with van der Waals surface area (Å²) in [5.74, 6) is -2.12. The average molecular weight is 506 g/mol. The summed E-state index contributed by atoms with van der Waals surface area (Å²) in [7, 11) is 0. The lowest BCUT2D eigenvalue weighted by molar-refractivity contribution is -0.154. The van der Waals surface area contributed by atoms with Gasteiger partial charge in [-0.3, -0.25) is 4.90 Å². The highest BCUT2D eigenvalue weighted by molar-refractivity contribution is 5.82. The van der Waals surface area contributed by atoms with Gasteiger partial charge in [-0.2, -0.15) is 0 Å². The Morgan fingerprint density at radius 1 is 1.14 bits per heavy atom. The Labute approximate surface area is 209 Å². The Kier molecular flexibility index (Phi) is 10.2. The van der Waals surface area contributed by atoms with E-state index in [-0.39, 0.29) is 32.9 Å². The van der Waals surface area contributed by atoms with Crippen molar-refractivity contribution in [3.8, 4) is 0 Å². The van der Waals surface area contributed by atoms with Gasteiger partial charge in [0.15, 0.2) is 6.04 Å². The monoisotopic (exact) mass is 505 g/mol. The summed E-state index contributed by atoms with van der Waals surface area (Å²) >= 11 is 0. The van der Waals surface area contributed by atoms with Gasteiger partial charge < -0.3 is 25.3 Å². The molecule has 0 radical (unpaired) electrons. The second-order valence-electron chi connectivity index (χ2n) is 8.61. The normalized spacial score (nSPS) is 17.0. The first-order valence-corrected chi connectivity index (χ1v) is 12.0. The van der Waals surface area contributed by atoms with Crippen molar-refractivity contribution in [2.75, 3.05) is 26.5 Å². The molecule has 0 unspecified atom stereocenters. The minimum Gasteiger partial charge on any atom is -0.458 e. The maximum atomic E-state index is 13.7. The molecule has 2 aromatic carbocycles. The number of carbonyl (C=O) groups excluding carboxylic acids is 2. The lowest BCUT2D eigenvalue weighted by Gasteiger charge is -2.27. The van der Waals surface area contributed by atoms with Crippen LogP contribution in [0.4, 0.5) is 13.6 Å². The van der Waals surface area contributed by atoms with Crippen molar-refractivity contribution in [1.29, 1.82) is 0 Å². The zero-order chi connectivity index (χ0) is 26.1. The van der Waals surface area contributed by atoms with Crippen LogP contribution in [0.5, 0.6) is 0 Å². The molecule has 0 aliphatic carbocycles. The topological polar surface area (TPSA) is 103 Å². The van der Waals surface area contributed by atoms with Gasteiger partial charge in [0.1, 0.15) is 24.5 Å². The van der Waals surface area contributed by atoms with Crippen LogP contribution in [0, 0.1) is 11.6 Å². The third-order valence-corrected chi connectivity index (χ3v) is 5.87. The molecule has 3 atom stereocenters. The molecule has 10 heteroatoms. The van der Waals surface area contributed by atoms with E-state index in [4.69, 9.17) is 19.9 Å². The number of amides is 1. The van der Waals surface area contributed by atoms with E-state index in [1.165, 1.54) is 17.7 Å². The summed E-state index contributed by atoms with van der Waals surface area (Å²) < 4.78 is 43.4. The zero-order valence-corrected chi connectivity index (χ0v) is 20.5. The molecule has 0 aromatic heterocycles. The van der Waals surface area contributed by atoms with Gasteiger partial charge in [0, 0.05) is 25.2 Å². The summed E-state index contributed by atoms with van der Waals surface area (Å²) in [6.07, 6.45) is -0.545. The Hall–Kier alpha value is -3.08. The van der Waals surface area contributed by atoms with Crippen LogP contribution in [0.1, 0.15) is 30.5 Å². The van der Waals surface area contributed by atoms with Gasteiger partial charge in [0.05, 0.1) is 13.2 Å². The fourth-order valence-electron chi connectivity index (χ4n) is 3.98. The molecule has 1 aliphatic heterocycles. The number of nitrogens with two attached hydrogens (primary N) is 1. The molecule has 0 spiro atoms. The van der Waals surface area contributed by atoms with Gasteiger partial charge in [0.2, 0.25) is 0 Å². The first-order chi connectivity index (χ1) is 17.3. The van der Waals surface area contributed by atoms with Crippen molar-refractivity contribution in [1.82, 2.24) is 10.2 Å². The van der Waals surface area contributed by atoms with Crippen LogP contribution in [0.3, 0.4) is 0 Å². The van der Waals surface area contributed by atoms with Crippen molar-refractivity contribution in [2.24, 2.45) is 5.73 Å². The first-order valence-electron chi connectivity index (χ1n) is 12.0. The molecule has 1 aliphatic rings. The number of aryl methyl sites for hydroxylation is 1.